The van der Waals surface area contributed by atoms with Gasteiger partial charge in [-0.05, 0) is 38.3 Å². The lowest BCUT2D eigenvalue weighted by molar-refractivity contribution is -0.151. The van der Waals surface area contributed by atoms with E-state index in [0.29, 0.717) is 32.4 Å². The number of methoxy groups -OCH3 is 1. The fourth-order valence-electron chi connectivity index (χ4n) is 2.64. The fourth-order valence-corrected chi connectivity index (χ4v) is 2.64. The lowest BCUT2D eigenvalue weighted by Gasteiger charge is -2.22. The van der Waals surface area contributed by atoms with Gasteiger partial charge in [-0.1, -0.05) is 17.7 Å². The van der Waals surface area contributed by atoms with Gasteiger partial charge in [-0.25, -0.2) is 4.79 Å². The lowest BCUT2D eigenvalue weighted by atomic mass is 10.2. The molecule has 1 amide bonds. The molecule has 5 nitrogen and oxygen atoms in total. The second-order valence-electron chi connectivity index (χ2n) is 5.53. The van der Waals surface area contributed by atoms with Crippen LogP contribution in [0.1, 0.15) is 31.2 Å². The number of hydrogen-bond donors (Lipinski definition) is 0. The Morgan fingerprint density at radius 2 is 2.00 bits per heavy atom. The maximum atomic E-state index is 12.2. The summed E-state index contributed by atoms with van der Waals surface area (Å²) in [5, 5.41) is 0. The first kappa shape index (κ1) is 16.3. The van der Waals surface area contributed by atoms with Crippen LogP contribution < -0.4 is 4.74 Å². The van der Waals surface area contributed by atoms with E-state index in [4.69, 9.17) is 9.47 Å². The summed E-state index contributed by atoms with van der Waals surface area (Å²) >= 11 is 0. The molecule has 1 aromatic rings. The zero-order valence-corrected chi connectivity index (χ0v) is 13.2. The number of ether oxygens (including phenoxy) is 2. The van der Waals surface area contributed by atoms with E-state index in [1.54, 1.807) is 4.90 Å². The molecule has 1 aliphatic heterocycles. The van der Waals surface area contributed by atoms with E-state index >= 15 is 0 Å². The normalized spacial score (nSPS) is 17.4. The number of aryl methyl sites for hydroxylation is 1. The third-order valence-electron chi connectivity index (χ3n) is 3.87. The van der Waals surface area contributed by atoms with Crippen molar-refractivity contribution in [3.63, 3.8) is 0 Å². The Hall–Kier alpha value is -2.04. The summed E-state index contributed by atoms with van der Waals surface area (Å²) in [5.41, 5.74) is 1.19. The number of amides is 1. The third-order valence-corrected chi connectivity index (χ3v) is 3.87. The molecule has 1 atom stereocenters. The molecule has 0 bridgehead atoms. The largest absolute Gasteiger partial charge is 0.494 e. The molecule has 1 saturated heterocycles. The van der Waals surface area contributed by atoms with Crippen molar-refractivity contribution in [2.75, 3.05) is 20.3 Å². The number of benzene rings is 1. The molecule has 22 heavy (non-hydrogen) atoms. The van der Waals surface area contributed by atoms with E-state index in [1.165, 1.54) is 12.7 Å². The van der Waals surface area contributed by atoms with E-state index in [9.17, 15) is 9.59 Å². The molecule has 5 heteroatoms. The molecule has 2 rings (SSSR count). The van der Waals surface area contributed by atoms with Crippen molar-refractivity contribution < 1.29 is 19.1 Å². The average Bonchev–Trinajstić information content (AvgIpc) is 3.02. The van der Waals surface area contributed by atoms with E-state index < -0.39 is 6.04 Å². The highest BCUT2D eigenvalue weighted by Crippen LogP contribution is 2.20. The molecule has 1 unspecified atom stereocenters. The molecular weight excluding hydrogens is 282 g/mol. The molecule has 1 aromatic carbocycles. The first-order chi connectivity index (χ1) is 10.6. The van der Waals surface area contributed by atoms with Gasteiger partial charge in [0, 0.05) is 13.0 Å². The van der Waals surface area contributed by atoms with E-state index in [2.05, 4.69) is 0 Å². The fraction of sp³-hybridized carbons (Fsp3) is 0.529. The Morgan fingerprint density at radius 3 is 2.68 bits per heavy atom. The van der Waals surface area contributed by atoms with Gasteiger partial charge in [0.1, 0.15) is 11.8 Å². The number of esters is 1. The summed E-state index contributed by atoms with van der Waals surface area (Å²) in [7, 11) is 1.36. The van der Waals surface area contributed by atoms with E-state index in [0.717, 1.165) is 12.2 Å². The molecule has 0 aliphatic carbocycles. The zero-order valence-electron chi connectivity index (χ0n) is 13.2. The average molecular weight is 305 g/mol. The van der Waals surface area contributed by atoms with Crippen LogP contribution in [0.15, 0.2) is 24.3 Å². The molecule has 1 fully saturated rings. The van der Waals surface area contributed by atoms with Gasteiger partial charge in [0.05, 0.1) is 13.7 Å². The van der Waals surface area contributed by atoms with Crippen LogP contribution in [0.25, 0.3) is 0 Å². The van der Waals surface area contributed by atoms with Gasteiger partial charge >= 0.3 is 5.97 Å². The van der Waals surface area contributed by atoms with Crippen molar-refractivity contribution in [2.24, 2.45) is 0 Å². The van der Waals surface area contributed by atoms with Crippen molar-refractivity contribution in [3.8, 4) is 5.75 Å². The molecule has 0 spiro atoms. The van der Waals surface area contributed by atoms with Crippen molar-refractivity contribution in [1.29, 1.82) is 0 Å². The van der Waals surface area contributed by atoms with Crippen LogP contribution in [0, 0.1) is 6.92 Å². The van der Waals surface area contributed by atoms with Crippen molar-refractivity contribution >= 4 is 11.9 Å². The monoisotopic (exact) mass is 305 g/mol. The van der Waals surface area contributed by atoms with Gasteiger partial charge in [-0.3, -0.25) is 4.79 Å². The van der Waals surface area contributed by atoms with Crippen molar-refractivity contribution in [1.82, 2.24) is 4.90 Å². The Morgan fingerprint density at radius 1 is 1.27 bits per heavy atom. The summed E-state index contributed by atoms with van der Waals surface area (Å²) in [6, 6.07) is 7.42. The standard InChI is InChI=1S/C17H23NO4/c1-13-7-9-14(10-8-13)22-12-4-6-16(19)18-11-3-5-15(18)17(20)21-2/h7-10,15H,3-6,11-12H2,1-2H3. The lowest BCUT2D eigenvalue weighted by Crippen LogP contribution is -2.41. The summed E-state index contributed by atoms with van der Waals surface area (Å²) in [6.07, 6.45) is 2.57. The minimum Gasteiger partial charge on any atom is -0.494 e. The SMILES string of the molecule is COC(=O)C1CCCN1C(=O)CCCOc1ccc(C)cc1. The van der Waals surface area contributed by atoms with E-state index in [-0.39, 0.29) is 11.9 Å². The quantitative estimate of drug-likeness (QED) is 0.598. The van der Waals surface area contributed by atoms with Crippen LogP contribution in [0.5, 0.6) is 5.75 Å². The first-order valence-corrected chi connectivity index (χ1v) is 7.68. The molecule has 0 radical (unpaired) electrons. The number of rotatable bonds is 6. The molecule has 0 aromatic heterocycles. The topological polar surface area (TPSA) is 55.8 Å². The Bertz CT molecular complexity index is 512. The first-order valence-electron chi connectivity index (χ1n) is 7.68. The number of nitrogens with zero attached hydrogens (tertiary/aromatic N) is 1. The molecule has 0 N–H and O–H groups in total. The summed E-state index contributed by atoms with van der Waals surface area (Å²) < 4.78 is 10.4. The molecule has 0 saturated carbocycles. The molecular formula is C17H23NO4. The minimum absolute atomic E-state index is 0.000376. The number of hydrogen-bond acceptors (Lipinski definition) is 4. The predicted octanol–water partition coefficient (Wildman–Crippen LogP) is 2.32. The molecule has 1 aliphatic rings. The van der Waals surface area contributed by atoms with Crippen LogP contribution in [-0.2, 0) is 14.3 Å². The third kappa shape index (κ3) is 4.23. The van der Waals surface area contributed by atoms with Crippen LogP contribution >= 0.6 is 0 Å². The van der Waals surface area contributed by atoms with Crippen LogP contribution in [0.4, 0.5) is 0 Å². The number of likely N-dealkylation sites (tertiary alicyclic amines) is 1. The minimum atomic E-state index is -0.407. The highest BCUT2D eigenvalue weighted by Gasteiger charge is 2.34. The van der Waals surface area contributed by atoms with E-state index in [1.807, 2.05) is 31.2 Å². The van der Waals surface area contributed by atoms with Crippen molar-refractivity contribution in [3.05, 3.63) is 29.8 Å². The van der Waals surface area contributed by atoms with Gasteiger partial charge in [0.25, 0.3) is 0 Å². The Balaban J connectivity index is 1.73. The second kappa shape index (κ2) is 7.82. The number of carbonyl (C=O) groups is 2. The van der Waals surface area contributed by atoms with Gasteiger partial charge in [-0.15, -0.1) is 0 Å². The van der Waals surface area contributed by atoms with Gasteiger partial charge in [-0.2, -0.15) is 0 Å². The highest BCUT2D eigenvalue weighted by molar-refractivity contribution is 5.85. The van der Waals surface area contributed by atoms with Gasteiger partial charge in [0.2, 0.25) is 5.91 Å². The Kier molecular flexibility index (Phi) is 5.81. The highest BCUT2D eigenvalue weighted by atomic mass is 16.5. The second-order valence-corrected chi connectivity index (χ2v) is 5.53. The van der Waals surface area contributed by atoms with Crippen LogP contribution in [-0.4, -0.2) is 43.1 Å². The maximum Gasteiger partial charge on any atom is 0.328 e. The number of carbonyl (C=O) groups excluding carboxylic acids is 2. The smallest absolute Gasteiger partial charge is 0.328 e. The predicted molar refractivity (Wildman–Crippen MR) is 82.7 cm³/mol. The van der Waals surface area contributed by atoms with Crippen LogP contribution in [0.2, 0.25) is 0 Å². The molecule has 1 heterocycles. The summed E-state index contributed by atoms with van der Waals surface area (Å²) in [4.78, 5) is 25.5. The molecule has 120 valence electrons. The van der Waals surface area contributed by atoms with Crippen LogP contribution in [0.3, 0.4) is 0 Å². The van der Waals surface area contributed by atoms with Gasteiger partial charge < -0.3 is 14.4 Å². The summed E-state index contributed by atoms with van der Waals surface area (Å²) in [5.74, 6) is 0.494. The maximum absolute atomic E-state index is 12.2. The Labute approximate surface area is 131 Å². The zero-order chi connectivity index (χ0) is 15.9. The van der Waals surface area contributed by atoms with Gasteiger partial charge in [0.15, 0.2) is 0 Å². The van der Waals surface area contributed by atoms with Crippen molar-refractivity contribution in [2.45, 2.75) is 38.6 Å². The summed E-state index contributed by atoms with van der Waals surface area (Å²) in [6.45, 7) is 3.15.